The van der Waals surface area contributed by atoms with Gasteiger partial charge in [0.1, 0.15) is 13.2 Å². The van der Waals surface area contributed by atoms with Gasteiger partial charge in [0, 0.05) is 0 Å². The van der Waals surface area contributed by atoms with Gasteiger partial charge in [-0.25, -0.2) is 9.38 Å². The van der Waals surface area contributed by atoms with Crippen LogP contribution in [0.5, 0.6) is 23.0 Å². The van der Waals surface area contributed by atoms with Crippen LogP contribution in [-0.4, -0.2) is 36.3 Å². The minimum atomic E-state index is -0.0814. The summed E-state index contributed by atoms with van der Waals surface area (Å²) in [7, 11) is 1.62. The molecule has 5 rings (SSSR count). The molecule has 2 heterocycles. The number of rotatable bonds is 11. The largest absolute Gasteiger partial charge is 0.493 e. The van der Waals surface area contributed by atoms with Crippen LogP contribution in [0.15, 0.2) is 78.1 Å². The summed E-state index contributed by atoms with van der Waals surface area (Å²) in [6, 6.07) is 19.1. The molecule has 7 nitrogen and oxygen atoms in total. The molecule has 0 radical (unpaired) electrons. The first-order valence-corrected chi connectivity index (χ1v) is 13.1. The number of nitrogens with zero attached hydrogens (tertiary/aromatic N) is 2. The van der Waals surface area contributed by atoms with Crippen molar-refractivity contribution < 1.29 is 18.9 Å². The van der Waals surface area contributed by atoms with E-state index >= 15 is 0 Å². The van der Waals surface area contributed by atoms with Gasteiger partial charge in [0.15, 0.2) is 28.0 Å². The minimum Gasteiger partial charge on any atom is -0.493 e. The van der Waals surface area contributed by atoms with Gasteiger partial charge in [-0.05, 0) is 66.9 Å². The van der Waals surface area contributed by atoms with Gasteiger partial charge >= 0.3 is 0 Å². The van der Waals surface area contributed by atoms with E-state index in [2.05, 4.69) is 11.6 Å². The maximum absolute atomic E-state index is 13.1. The highest BCUT2D eigenvalue weighted by Crippen LogP contribution is 2.30. The van der Waals surface area contributed by atoms with Crippen molar-refractivity contribution in [1.82, 2.24) is 9.38 Å². The molecule has 0 atom stereocenters. The third kappa shape index (κ3) is 5.21. The van der Waals surface area contributed by atoms with Crippen molar-refractivity contribution in [1.29, 1.82) is 0 Å². The number of allylic oxidation sites excluding steroid dienone is 1. The summed E-state index contributed by atoms with van der Waals surface area (Å²) in [5.74, 6) is 2.54. The highest BCUT2D eigenvalue weighted by Gasteiger charge is 2.12. The van der Waals surface area contributed by atoms with E-state index in [0.717, 1.165) is 28.6 Å². The Hall–Kier alpha value is -4.30. The van der Waals surface area contributed by atoms with E-state index in [-0.39, 0.29) is 5.56 Å². The molecule has 0 N–H and O–H groups in total. The SMILES string of the molecule is C=CCc1ccc(OCCOc2ccc(/C=c3/sc4nc5ccccc5n4c3=O)cc2OCC)c(OC)c1. The Morgan fingerprint density at radius 1 is 0.947 bits per heavy atom. The fourth-order valence-corrected chi connectivity index (χ4v) is 5.18. The molecule has 0 aliphatic carbocycles. The number of ether oxygens (including phenoxy) is 4. The maximum Gasteiger partial charge on any atom is 0.274 e. The number of benzene rings is 3. The number of imidazole rings is 1. The molecule has 0 fully saturated rings. The molecule has 5 aromatic rings. The number of thiazole rings is 1. The Morgan fingerprint density at radius 3 is 2.47 bits per heavy atom. The summed E-state index contributed by atoms with van der Waals surface area (Å²) in [4.78, 5) is 18.4. The second-order valence-electron chi connectivity index (χ2n) is 8.45. The van der Waals surface area contributed by atoms with Crippen LogP contribution >= 0.6 is 11.3 Å². The van der Waals surface area contributed by atoms with Crippen molar-refractivity contribution in [3.63, 3.8) is 0 Å². The molecule has 0 aliphatic rings. The van der Waals surface area contributed by atoms with Crippen LogP contribution < -0.4 is 29.0 Å². The predicted octanol–water partition coefficient (Wildman–Crippen LogP) is 5.05. The van der Waals surface area contributed by atoms with Crippen LogP contribution in [0.25, 0.3) is 22.1 Å². The van der Waals surface area contributed by atoms with Crippen molar-refractivity contribution in [2.75, 3.05) is 26.9 Å². The second-order valence-corrected chi connectivity index (χ2v) is 9.46. The summed E-state index contributed by atoms with van der Waals surface area (Å²) in [5, 5.41) is 0. The summed E-state index contributed by atoms with van der Waals surface area (Å²) in [5.41, 5.74) is 3.49. The molecule has 0 amide bonds. The fraction of sp³-hybridized carbons (Fsp3) is 0.200. The first-order valence-electron chi connectivity index (χ1n) is 12.3. The third-order valence-corrected chi connectivity index (χ3v) is 6.89. The van der Waals surface area contributed by atoms with E-state index in [9.17, 15) is 4.79 Å². The normalized spacial score (nSPS) is 11.7. The van der Waals surface area contributed by atoms with Crippen molar-refractivity contribution in [2.45, 2.75) is 13.3 Å². The Labute approximate surface area is 224 Å². The number of fused-ring (bicyclic) bond motifs is 3. The van der Waals surface area contributed by atoms with Crippen LogP contribution in [-0.2, 0) is 6.42 Å². The van der Waals surface area contributed by atoms with E-state index in [0.29, 0.717) is 52.3 Å². The lowest BCUT2D eigenvalue weighted by Gasteiger charge is -2.14. The number of para-hydroxylation sites is 2. The monoisotopic (exact) mass is 528 g/mol. The molecule has 194 valence electrons. The molecular formula is C30H28N2O5S. The van der Waals surface area contributed by atoms with E-state index in [4.69, 9.17) is 18.9 Å². The molecule has 3 aromatic carbocycles. The summed E-state index contributed by atoms with van der Waals surface area (Å²) < 4.78 is 25.4. The zero-order valence-electron chi connectivity index (χ0n) is 21.3. The van der Waals surface area contributed by atoms with Crippen LogP contribution in [0.2, 0.25) is 0 Å². The third-order valence-electron chi connectivity index (χ3n) is 5.92. The average molecular weight is 529 g/mol. The lowest BCUT2D eigenvalue weighted by molar-refractivity contribution is 0.203. The zero-order chi connectivity index (χ0) is 26.5. The maximum atomic E-state index is 13.1. The Balaban J connectivity index is 1.31. The van der Waals surface area contributed by atoms with Crippen LogP contribution in [0.3, 0.4) is 0 Å². The van der Waals surface area contributed by atoms with Gasteiger partial charge in [0.25, 0.3) is 5.56 Å². The lowest BCUT2D eigenvalue weighted by Crippen LogP contribution is -2.22. The van der Waals surface area contributed by atoms with Crippen molar-refractivity contribution >= 4 is 33.4 Å². The molecule has 0 bridgehead atoms. The Morgan fingerprint density at radius 2 is 1.71 bits per heavy atom. The molecule has 0 saturated carbocycles. The first kappa shape index (κ1) is 25.4. The highest BCUT2D eigenvalue weighted by molar-refractivity contribution is 7.15. The van der Waals surface area contributed by atoms with Gasteiger partial charge in [-0.1, -0.05) is 41.7 Å². The van der Waals surface area contributed by atoms with E-state index in [1.54, 1.807) is 11.5 Å². The molecule has 0 saturated heterocycles. The molecule has 8 heteroatoms. The Bertz CT molecular complexity index is 1710. The van der Waals surface area contributed by atoms with Gasteiger partial charge in [-0.15, -0.1) is 6.58 Å². The topological polar surface area (TPSA) is 71.3 Å². The van der Waals surface area contributed by atoms with Crippen molar-refractivity contribution in [2.24, 2.45) is 0 Å². The molecule has 0 aliphatic heterocycles. The van der Waals surface area contributed by atoms with Gasteiger partial charge in [-0.3, -0.25) is 4.79 Å². The van der Waals surface area contributed by atoms with Gasteiger partial charge in [-0.2, -0.15) is 0 Å². The van der Waals surface area contributed by atoms with Gasteiger partial charge in [0.05, 0.1) is 29.3 Å². The standard InChI is InChI=1S/C30H28N2O5S/c1-4-8-20-11-13-24(26(17-20)34-3)36-15-16-37-25-14-12-21(18-27(25)35-5-2)19-28-29(33)32-23-10-7-6-9-22(23)31-30(32)38-28/h4,6-7,9-14,17-19H,1,5,8,15-16H2,2-3H3/b28-19+. The molecule has 0 unspecified atom stereocenters. The second kappa shape index (κ2) is 11.4. The van der Waals surface area contributed by atoms with E-state index in [1.165, 1.54) is 11.3 Å². The number of aromatic nitrogens is 2. The zero-order valence-corrected chi connectivity index (χ0v) is 22.1. The van der Waals surface area contributed by atoms with Crippen molar-refractivity contribution in [3.8, 4) is 23.0 Å². The highest BCUT2D eigenvalue weighted by atomic mass is 32.1. The molecule has 0 spiro atoms. The van der Waals surface area contributed by atoms with Crippen LogP contribution in [0.1, 0.15) is 18.1 Å². The van der Waals surface area contributed by atoms with E-state index in [1.807, 2.05) is 79.7 Å². The average Bonchev–Trinajstić information content (AvgIpc) is 3.44. The van der Waals surface area contributed by atoms with E-state index < -0.39 is 0 Å². The quantitative estimate of drug-likeness (QED) is 0.177. The smallest absolute Gasteiger partial charge is 0.274 e. The van der Waals surface area contributed by atoms with Gasteiger partial charge < -0.3 is 18.9 Å². The number of methoxy groups -OCH3 is 1. The van der Waals surface area contributed by atoms with Crippen LogP contribution in [0, 0.1) is 0 Å². The molecule has 38 heavy (non-hydrogen) atoms. The predicted molar refractivity (Wildman–Crippen MR) is 151 cm³/mol. The van der Waals surface area contributed by atoms with Gasteiger partial charge in [0.2, 0.25) is 0 Å². The summed E-state index contributed by atoms with van der Waals surface area (Å²) in [6.45, 7) is 6.82. The first-order chi connectivity index (χ1) is 18.6. The lowest BCUT2D eigenvalue weighted by atomic mass is 10.1. The molecular weight excluding hydrogens is 500 g/mol. The number of hydrogen-bond acceptors (Lipinski definition) is 7. The Kier molecular flexibility index (Phi) is 7.60. The summed E-state index contributed by atoms with van der Waals surface area (Å²) in [6.07, 6.45) is 4.47. The minimum absolute atomic E-state index is 0.0814. The van der Waals surface area contributed by atoms with Crippen LogP contribution in [0.4, 0.5) is 0 Å². The fourth-order valence-electron chi connectivity index (χ4n) is 4.19. The number of hydrogen-bond donors (Lipinski definition) is 0. The van der Waals surface area contributed by atoms with Crippen molar-refractivity contribution in [3.05, 3.63) is 99.3 Å². The molecule has 2 aromatic heterocycles. The summed E-state index contributed by atoms with van der Waals surface area (Å²) >= 11 is 1.37.